The lowest BCUT2D eigenvalue weighted by molar-refractivity contribution is -0.128. The van der Waals surface area contributed by atoms with E-state index >= 15 is 0 Å². The summed E-state index contributed by atoms with van der Waals surface area (Å²) in [6.07, 6.45) is -0.143. The number of hydrogen-bond acceptors (Lipinski definition) is 4. The van der Waals surface area contributed by atoms with Crippen LogP contribution in [0.1, 0.15) is 22.8 Å². The molecule has 0 unspecified atom stereocenters. The van der Waals surface area contributed by atoms with Gasteiger partial charge in [0, 0.05) is 25.2 Å². The molecule has 1 aliphatic rings. The van der Waals surface area contributed by atoms with Gasteiger partial charge in [-0.2, -0.15) is 0 Å². The summed E-state index contributed by atoms with van der Waals surface area (Å²) in [6, 6.07) is 7.06. The number of carbonyl (C=O) groups excluding carboxylic acids is 2. The maximum absolute atomic E-state index is 12.0. The monoisotopic (exact) mass is 341 g/mol. The summed E-state index contributed by atoms with van der Waals surface area (Å²) in [5.41, 5.74) is 1.67. The summed E-state index contributed by atoms with van der Waals surface area (Å²) in [6.45, 7) is 5.89. The second-order valence-corrected chi connectivity index (χ2v) is 5.42. The molecule has 0 radical (unpaired) electrons. The Balaban J connectivity index is 0.00000264. The highest BCUT2D eigenvalue weighted by atomic mass is 35.5. The summed E-state index contributed by atoms with van der Waals surface area (Å²) in [5, 5.41) is 8.72. The first-order valence-corrected chi connectivity index (χ1v) is 7.55. The van der Waals surface area contributed by atoms with Crippen LogP contribution in [0.15, 0.2) is 24.3 Å². The lowest BCUT2D eigenvalue weighted by Gasteiger charge is -2.29. The molecule has 0 aromatic heterocycles. The van der Waals surface area contributed by atoms with Crippen molar-refractivity contribution in [2.45, 2.75) is 26.0 Å². The summed E-state index contributed by atoms with van der Waals surface area (Å²) in [4.78, 5) is 23.9. The molecule has 6 nitrogen and oxygen atoms in total. The maximum Gasteiger partial charge on any atom is 0.251 e. The standard InChI is InChI=1S/C16H23N3O3.ClH/c1-11-4-3-5-13(10-11)15(20)18-6-7-19-16(21)14-12(2)22-9-8-17-14;/h3-5,10,12,14,17H,6-9H2,1-2H3,(H,18,20)(H,19,21);1H/t12-,14+;/m1./s1. The summed E-state index contributed by atoms with van der Waals surface area (Å²) in [5.74, 6) is -0.234. The van der Waals surface area contributed by atoms with Crippen molar-refractivity contribution in [1.29, 1.82) is 0 Å². The van der Waals surface area contributed by atoms with Crippen LogP contribution in [0.3, 0.4) is 0 Å². The lowest BCUT2D eigenvalue weighted by Crippen LogP contribution is -2.56. The smallest absolute Gasteiger partial charge is 0.251 e. The summed E-state index contributed by atoms with van der Waals surface area (Å²) < 4.78 is 5.43. The fourth-order valence-electron chi connectivity index (χ4n) is 2.39. The predicted molar refractivity (Wildman–Crippen MR) is 91.0 cm³/mol. The Hall–Kier alpha value is -1.63. The van der Waals surface area contributed by atoms with Crippen LogP contribution in [-0.4, -0.2) is 50.2 Å². The van der Waals surface area contributed by atoms with Crippen LogP contribution >= 0.6 is 12.4 Å². The average Bonchev–Trinajstić information content (AvgIpc) is 2.51. The highest BCUT2D eigenvalue weighted by Crippen LogP contribution is 2.04. The van der Waals surface area contributed by atoms with Crippen molar-refractivity contribution in [3.05, 3.63) is 35.4 Å². The molecule has 1 saturated heterocycles. The first-order valence-electron chi connectivity index (χ1n) is 7.55. The van der Waals surface area contributed by atoms with Gasteiger partial charge in [0.15, 0.2) is 0 Å². The van der Waals surface area contributed by atoms with Gasteiger partial charge in [-0.3, -0.25) is 9.59 Å². The molecule has 1 fully saturated rings. The zero-order valence-corrected chi connectivity index (χ0v) is 14.2. The van der Waals surface area contributed by atoms with E-state index in [1.54, 1.807) is 6.07 Å². The number of morpholine rings is 1. The van der Waals surface area contributed by atoms with E-state index in [0.717, 1.165) is 5.56 Å². The minimum atomic E-state index is -0.332. The predicted octanol–water partition coefficient (Wildman–Crippen LogP) is 0.640. The van der Waals surface area contributed by atoms with Gasteiger partial charge in [0.05, 0.1) is 12.7 Å². The highest BCUT2D eigenvalue weighted by Gasteiger charge is 2.27. The summed E-state index contributed by atoms with van der Waals surface area (Å²) >= 11 is 0. The van der Waals surface area contributed by atoms with Gasteiger partial charge in [0.1, 0.15) is 6.04 Å². The number of amides is 2. The second-order valence-electron chi connectivity index (χ2n) is 5.42. The lowest BCUT2D eigenvalue weighted by atomic mass is 10.1. The molecular formula is C16H24ClN3O3. The quantitative estimate of drug-likeness (QED) is 0.687. The maximum atomic E-state index is 12.0. The Morgan fingerprint density at radius 2 is 2.04 bits per heavy atom. The Morgan fingerprint density at radius 3 is 2.74 bits per heavy atom. The molecule has 1 aromatic carbocycles. The zero-order chi connectivity index (χ0) is 15.9. The van der Waals surface area contributed by atoms with E-state index in [0.29, 0.717) is 31.8 Å². The molecule has 128 valence electrons. The van der Waals surface area contributed by atoms with Gasteiger partial charge < -0.3 is 20.7 Å². The number of halogens is 1. The Morgan fingerprint density at radius 1 is 1.30 bits per heavy atom. The van der Waals surface area contributed by atoms with Gasteiger partial charge in [0.2, 0.25) is 5.91 Å². The van der Waals surface area contributed by atoms with Crippen LogP contribution < -0.4 is 16.0 Å². The van der Waals surface area contributed by atoms with Gasteiger partial charge in [0.25, 0.3) is 5.91 Å². The first-order chi connectivity index (χ1) is 10.6. The number of carbonyl (C=O) groups is 2. The fraction of sp³-hybridized carbons (Fsp3) is 0.500. The van der Waals surface area contributed by atoms with Crippen LogP contribution in [0, 0.1) is 6.92 Å². The molecule has 23 heavy (non-hydrogen) atoms. The van der Waals surface area contributed by atoms with Crippen LogP contribution in [0.4, 0.5) is 0 Å². The Kier molecular flexibility index (Phi) is 8.02. The van der Waals surface area contributed by atoms with Crippen molar-refractivity contribution >= 4 is 24.2 Å². The zero-order valence-electron chi connectivity index (χ0n) is 13.4. The van der Waals surface area contributed by atoms with Crippen molar-refractivity contribution in [3.8, 4) is 0 Å². The molecule has 7 heteroatoms. The number of hydrogen-bond donors (Lipinski definition) is 3. The number of benzene rings is 1. The largest absolute Gasteiger partial charge is 0.375 e. The van der Waals surface area contributed by atoms with E-state index in [4.69, 9.17) is 4.74 Å². The van der Waals surface area contributed by atoms with E-state index in [1.165, 1.54) is 0 Å². The molecule has 1 aromatic rings. The molecule has 0 aliphatic carbocycles. The number of aryl methyl sites for hydroxylation is 1. The van der Waals surface area contributed by atoms with Gasteiger partial charge in [-0.05, 0) is 26.0 Å². The number of rotatable bonds is 5. The number of ether oxygens (including phenoxy) is 1. The SMILES string of the molecule is Cc1cccc(C(=O)NCCNC(=O)[C@H]2NCCO[C@@H]2C)c1.Cl. The van der Waals surface area contributed by atoms with E-state index < -0.39 is 0 Å². The van der Waals surface area contributed by atoms with Gasteiger partial charge in [-0.25, -0.2) is 0 Å². The third-order valence-corrected chi connectivity index (χ3v) is 3.59. The number of nitrogens with one attached hydrogen (secondary N) is 3. The van der Waals surface area contributed by atoms with Crippen molar-refractivity contribution in [2.24, 2.45) is 0 Å². The van der Waals surface area contributed by atoms with Crippen LogP contribution in [0.5, 0.6) is 0 Å². The fourth-order valence-corrected chi connectivity index (χ4v) is 2.39. The molecular weight excluding hydrogens is 318 g/mol. The van der Waals surface area contributed by atoms with Crippen LogP contribution in [0.25, 0.3) is 0 Å². The minimum Gasteiger partial charge on any atom is -0.375 e. The van der Waals surface area contributed by atoms with Crippen molar-refractivity contribution in [1.82, 2.24) is 16.0 Å². The molecule has 1 aliphatic heterocycles. The first kappa shape index (κ1) is 19.4. The van der Waals surface area contributed by atoms with Crippen LogP contribution in [0.2, 0.25) is 0 Å². The average molecular weight is 342 g/mol. The van der Waals surface area contributed by atoms with E-state index in [2.05, 4.69) is 16.0 Å². The third-order valence-electron chi connectivity index (χ3n) is 3.59. The van der Waals surface area contributed by atoms with E-state index in [9.17, 15) is 9.59 Å². The molecule has 0 spiro atoms. The Labute approximate surface area is 142 Å². The van der Waals surface area contributed by atoms with E-state index in [1.807, 2.05) is 32.0 Å². The third kappa shape index (κ3) is 5.82. The van der Waals surface area contributed by atoms with Gasteiger partial charge in [-0.1, -0.05) is 17.7 Å². The van der Waals surface area contributed by atoms with Crippen LogP contribution in [-0.2, 0) is 9.53 Å². The van der Waals surface area contributed by atoms with Crippen molar-refractivity contribution in [3.63, 3.8) is 0 Å². The van der Waals surface area contributed by atoms with Crippen molar-refractivity contribution < 1.29 is 14.3 Å². The van der Waals surface area contributed by atoms with E-state index in [-0.39, 0.29) is 36.4 Å². The second kappa shape index (κ2) is 9.50. The Bertz CT molecular complexity index is 539. The normalized spacial score (nSPS) is 20.3. The highest BCUT2D eigenvalue weighted by molar-refractivity contribution is 5.94. The molecule has 0 saturated carbocycles. The molecule has 3 N–H and O–H groups in total. The molecule has 2 amide bonds. The summed E-state index contributed by atoms with van der Waals surface area (Å²) in [7, 11) is 0. The van der Waals surface area contributed by atoms with Crippen molar-refractivity contribution in [2.75, 3.05) is 26.2 Å². The van der Waals surface area contributed by atoms with Gasteiger partial charge in [-0.15, -0.1) is 12.4 Å². The molecule has 0 bridgehead atoms. The molecule has 2 atom stereocenters. The molecule has 2 rings (SSSR count). The minimum absolute atomic E-state index is 0. The van der Waals surface area contributed by atoms with Gasteiger partial charge >= 0.3 is 0 Å². The topological polar surface area (TPSA) is 79.5 Å². The molecule has 1 heterocycles.